The van der Waals surface area contributed by atoms with Crippen LogP contribution in [-0.4, -0.2) is 33.8 Å². The Morgan fingerprint density at radius 3 is 2.84 bits per heavy atom. The summed E-state index contributed by atoms with van der Waals surface area (Å²) in [5.41, 5.74) is 3.65. The largest absolute Gasteiger partial charge is 0.486 e. The number of fused-ring (bicyclic) bond motifs is 7. The molecule has 3 fully saturated rings. The summed E-state index contributed by atoms with van der Waals surface area (Å²) < 4.78 is 6.03. The Hall–Kier alpha value is -2.92. The van der Waals surface area contributed by atoms with E-state index in [4.69, 9.17) is 4.74 Å². The normalized spacial score (nSPS) is 36.2. The van der Waals surface area contributed by atoms with Crippen LogP contribution in [0.5, 0.6) is 5.75 Å². The quantitative estimate of drug-likeness (QED) is 0.466. The van der Waals surface area contributed by atoms with E-state index >= 15 is 0 Å². The molecule has 0 amide bonds. The Kier molecular flexibility index (Phi) is 5.20. The molecule has 2 aromatic carbocycles. The summed E-state index contributed by atoms with van der Waals surface area (Å²) in [4.78, 5) is 13.6. The fourth-order valence-electron chi connectivity index (χ4n) is 9.14. The van der Waals surface area contributed by atoms with Gasteiger partial charge in [-0.3, -0.25) is 9.89 Å². The molecular formula is C32H36N2O3. The third kappa shape index (κ3) is 3.46. The van der Waals surface area contributed by atoms with E-state index in [0.29, 0.717) is 18.3 Å². The van der Waals surface area contributed by atoms with Gasteiger partial charge >= 0.3 is 0 Å². The number of nitrogens with zero attached hydrogens (tertiary/aromatic N) is 1. The summed E-state index contributed by atoms with van der Waals surface area (Å²) in [6, 6.07) is 14.2. The minimum absolute atomic E-state index is 0.0399. The Morgan fingerprint density at radius 2 is 1.97 bits per heavy atom. The number of allylic oxidation sites excluding steroid dienone is 1. The summed E-state index contributed by atoms with van der Waals surface area (Å²) in [5.74, 6) is 2.03. The van der Waals surface area contributed by atoms with Crippen molar-refractivity contribution in [2.45, 2.75) is 58.5 Å². The first kappa shape index (κ1) is 23.2. The number of aliphatic hydroxyl groups excluding tert-OH is 1. The van der Waals surface area contributed by atoms with Crippen molar-refractivity contribution in [2.75, 3.05) is 6.61 Å². The van der Waals surface area contributed by atoms with Crippen LogP contribution in [-0.2, 0) is 11.2 Å². The molecule has 0 bridgehead atoms. The first-order chi connectivity index (χ1) is 17.9. The molecule has 2 N–H and O–H groups in total. The van der Waals surface area contributed by atoms with Crippen LogP contribution in [0.2, 0.25) is 0 Å². The SMILES string of the molecule is CC12Cc3cn[nH]c3C=C1CCC1C2C(O)CC2(C)C(C(=O)COc3ccc4ccccc4c3)CCC12. The summed E-state index contributed by atoms with van der Waals surface area (Å²) >= 11 is 0. The van der Waals surface area contributed by atoms with Gasteiger partial charge in [-0.2, -0.15) is 5.10 Å². The number of carbonyl (C=O) groups is 1. The Labute approximate surface area is 218 Å². The van der Waals surface area contributed by atoms with Gasteiger partial charge in [0.05, 0.1) is 18.0 Å². The third-order valence-corrected chi connectivity index (χ3v) is 10.8. The highest BCUT2D eigenvalue weighted by Gasteiger charge is 2.63. The van der Waals surface area contributed by atoms with Crippen LogP contribution in [0.4, 0.5) is 0 Å². The molecule has 7 rings (SSSR count). The maximum Gasteiger partial charge on any atom is 0.173 e. The monoisotopic (exact) mass is 496 g/mol. The number of aromatic nitrogens is 2. The summed E-state index contributed by atoms with van der Waals surface area (Å²) in [6.45, 7) is 4.75. The van der Waals surface area contributed by atoms with Gasteiger partial charge in [0.2, 0.25) is 0 Å². The first-order valence-corrected chi connectivity index (χ1v) is 13.9. The summed E-state index contributed by atoms with van der Waals surface area (Å²) in [6.07, 6.45) is 9.64. The number of aliphatic hydroxyl groups is 1. The van der Waals surface area contributed by atoms with Crippen molar-refractivity contribution < 1.29 is 14.6 Å². The molecule has 0 radical (unpaired) electrons. The van der Waals surface area contributed by atoms with Gasteiger partial charge < -0.3 is 9.84 Å². The van der Waals surface area contributed by atoms with E-state index < -0.39 is 6.10 Å². The summed E-state index contributed by atoms with van der Waals surface area (Å²) in [5, 5.41) is 21.4. The number of rotatable bonds is 4. The second-order valence-corrected chi connectivity index (χ2v) is 12.6. The molecule has 3 saturated carbocycles. The molecule has 1 aromatic heterocycles. The zero-order valence-electron chi connectivity index (χ0n) is 21.7. The van der Waals surface area contributed by atoms with Gasteiger partial charge in [-0.05, 0) is 102 Å². The van der Waals surface area contributed by atoms with Crippen LogP contribution < -0.4 is 4.74 Å². The number of nitrogens with one attached hydrogen (secondary N) is 1. The number of hydrogen-bond donors (Lipinski definition) is 2. The molecule has 37 heavy (non-hydrogen) atoms. The van der Waals surface area contributed by atoms with Crippen LogP contribution in [0.15, 0.2) is 54.2 Å². The third-order valence-electron chi connectivity index (χ3n) is 10.8. The molecule has 5 nitrogen and oxygen atoms in total. The van der Waals surface area contributed by atoms with Gasteiger partial charge in [0, 0.05) is 5.92 Å². The van der Waals surface area contributed by atoms with Crippen LogP contribution in [0.25, 0.3) is 16.8 Å². The van der Waals surface area contributed by atoms with E-state index in [1.165, 1.54) is 16.5 Å². The molecule has 4 aliphatic carbocycles. The van der Waals surface area contributed by atoms with E-state index in [2.05, 4.69) is 42.3 Å². The van der Waals surface area contributed by atoms with E-state index in [0.717, 1.165) is 48.9 Å². The molecule has 7 unspecified atom stereocenters. The standard InChI is InChI=1S/C32H36N2O3/c1-31-15-21-17-33-34-27(21)14-22(31)8-10-24-25-11-12-26(32(25,2)16-28(35)30(24)31)29(36)18-37-23-9-7-19-5-3-4-6-20(19)13-23/h3-7,9,13-14,17,24-26,28,30,35H,8,10-12,15-16,18H2,1-2H3,(H,33,34). The zero-order chi connectivity index (χ0) is 25.4. The average Bonchev–Trinajstić information content (AvgIpc) is 3.48. The number of benzene rings is 2. The van der Waals surface area contributed by atoms with Crippen molar-refractivity contribution in [3.8, 4) is 5.75 Å². The summed E-state index contributed by atoms with van der Waals surface area (Å²) in [7, 11) is 0. The molecule has 5 heteroatoms. The maximum atomic E-state index is 13.6. The zero-order valence-corrected chi connectivity index (χ0v) is 21.7. The number of carbonyl (C=O) groups excluding carboxylic acids is 1. The topological polar surface area (TPSA) is 75.2 Å². The highest BCUT2D eigenvalue weighted by atomic mass is 16.5. The fraction of sp³-hybridized carbons (Fsp3) is 0.500. The van der Waals surface area contributed by atoms with Gasteiger partial charge in [-0.1, -0.05) is 49.8 Å². The lowest BCUT2D eigenvalue weighted by atomic mass is 9.46. The lowest BCUT2D eigenvalue weighted by molar-refractivity contribution is -0.143. The lowest BCUT2D eigenvalue weighted by Gasteiger charge is -2.59. The van der Waals surface area contributed by atoms with Crippen molar-refractivity contribution >= 4 is 22.6 Å². The Morgan fingerprint density at radius 1 is 1.14 bits per heavy atom. The van der Waals surface area contributed by atoms with Crippen LogP contribution in [0.1, 0.15) is 57.2 Å². The van der Waals surface area contributed by atoms with E-state index in [1.807, 2.05) is 36.5 Å². The average molecular weight is 497 g/mol. The molecule has 3 aromatic rings. The number of H-pyrrole nitrogens is 1. The predicted octanol–water partition coefficient (Wildman–Crippen LogP) is 5.98. The molecule has 0 aliphatic heterocycles. The van der Waals surface area contributed by atoms with Crippen LogP contribution in [0, 0.1) is 34.5 Å². The predicted molar refractivity (Wildman–Crippen MR) is 144 cm³/mol. The molecule has 0 spiro atoms. The number of Topliss-reactive ketones (excluding diaryl/α,β-unsaturated/α-hetero) is 1. The second kappa shape index (κ2) is 8.29. The fourth-order valence-corrected chi connectivity index (χ4v) is 9.14. The number of ketones is 1. The lowest BCUT2D eigenvalue weighted by Crippen LogP contribution is -2.57. The van der Waals surface area contributed by atoms with Gasteiger partial charge in [0.25, 0.3) is 0 Å². The number of aromatic amines is 1. The highest BCUT2D eigenvalue weighted by Crippen LogP contribution is 2.66. The van der Waals surface area contributed by atoms with Gasteiger partial charge in [0.1, 0.15) is 12.4 Å². The smallest absolute Gasteiger partial charge is 0.173 e. The van der Waals surface area contributed by atoms with E-state index in [1.54, 1.807) is 0 Å². The van der Waals surface area contributed by atoms with Crippen molar-refractivity contribution in [1.82, 2.24) is 10.2 Å². The second-order valence-electron chi connectivity index (χ2n) is 12.6. The minimum atomic E-state index is -0.400. The van der Waals surface area contributed by atoms with Crippen LogP contribution in [0.3, 0.4) is 0 Å². The highest BCUT2D eigenvalue weighted by molar-refractivity contribution is 5.85. The van der Waals surface area contributed by atoms with Gasteiger partial charge in [-0.25, -0.2) is 0 Å². The Balaban J connectivity index is 1.10. The molecular weight excluding hydrogens is 460 g/mol. The first-order valence-electron chi connectivity index (χ1n) is 13.9. The maximum absolute atomic E-state index is 13.6. The van der Waals surface area contributed by atoms with E-state index in [-0.39, 0.29) is 35.1 Å². The number of hydrogen-bond acceptors (Lipinski definition) is 4. The van der Waals surface area contributed by atoms with E-state index in [9.17, 15) is 9.90 Å². The van der Waals surface area contributed by atoms with Crippen molar-refractivity contribution in [2.24, 2.45) is 34.5 Å². The molecule has 7 atom stereocenters. The van der Waals surface area contributed by atoms with Gasteiger partial charge in [-0.15, -0.1) is 0 Å². The molecule has 1 heterocycles. The number of ether oxygens (including phenoxy) is 1. The Bertz CT molecular complexity index is 1410. The van der Waals surface area contributed by atoms with Gasteiger partial charge in [0.15, 0.2) is 5.78 Å². The van der Waals surface area contributed by atoms with Crippen molar-refractivity contribution in [3.05, 3.63) is 65.5 Å². The molecule has 0 saturated heterocycles. The van der Waals surface area contributed by atoms with Crippen molar-refractivity contribution in [3.63, 3.8) is 0 Å². The minimum Gasteiger partial charge on any atom is -0.486 e. The molecule has 192 valence electrons. The van der Waals surface area contributed by atoms with Crippen LogP contribution >= 0.6 is 0 Å². The van der Waals surface area contributed by atoms with Crippen molar-refractivity contribution in [1.29, 1.82) is 0 Å². The molecule has 4 aliphatic rings.